The molecule has 0 saturated carbocycles. The largest absolute Gasteiger partial charge is 0.496 e. The highest BCUT2D eigenvalue weighted by Crippen LogP contribution is 2.23. The number of benzene rings is 1. The Balaban J connectivity index is 2.54. The van der Waals surface area contributed by atoms with Gasteiger partial charge in [-0.25, -0.2) is 0 Å². The average molecular weight is 318 g/mol. The van der Waals surface area contributed by atoms with Crippen molar-refractivity contribution in [3.63, 3.8) is 0 Å². The van der Waals surface area contributed by atoms with Crippen LogP contribution in [-0.2, 0) is 6.42 Å². The van der Waals surface area contributed by atoms with Crippen molar-refractivity contribution in [3.05, 3.63) is 28.2 Å². The number of methoxy groups -OCH3 is 1. The molecule has 0 amide bonds. The van der Waals surface area contributed by atoms with Crippen LogP contribution in [0.4, 0.5) is 0 Å². The van der Waals surface area contributed by atoms with Gasteiger partial charge in [-0.2, -0.15) is 0 Å². The van der Waals surface area contributed by atoms with Crippen molar-refractivity contribution < 1.29 is 14.9 Å². The van der Waals surface area contributed by atoms with Crippen LogP contribution in [0.1, 0.15) is 5.56 Å². The lowest BCUT2D eigenvalue weighted by molar-refractivity contribution is 0.0669. The van der Waals surface area contributed by atoms with Gasteiger partial charge in [0.1, 0.15) is 5.75 Å². The summed E-state index contributed by atoms with van der Waals surface area (Å²) >= 11 is 3.44. The predicted molar refractivity (Wildman–Crippen MR) is 75.0 cm³/mol. The first-order valence-electron chi connectivity index (χ1n) is 5.86. The molecule has 0 aliphatic heterocycles. The van der Waals surface area contributed by atoms with Gasteiger partial charge in [-0.15, -0.1) is 0 Å². The quantitative estimate of drug-likeness (QED) is 0.795. The van der Waals surface area contributed by atoms with E-state index in [9.17, 15) is 5.11 Å². The normalized spacial score (nSPS) is 12.8. The van der Waals surface area contributed by atoms with Gasteiger partial charge in [-0.3, -0.25) is 0 Å². The molecule has 4 nitrogen and oxygen atoms in total. The Morgan fingerprint density at radius 2 is 2.17 bits per heavy atom. The van der Waals surface area contributed by atoms with E-state index in [0.717, 1.165) is 28.8 Å². The topological polar surface area (TPSA) is 52.9 Å². The van der Waals surface area contributed by atoms with Crippen molar-refractivity contribution in [1.29, 1.82) is 0 Å². The fraction of sp³-hybridized carbons (Fsp3) is 0.538. The maximum absolute atomic E-state index is 9.35. The lowest BCUT2D eigenvalue weighted by Gasteiger charge is -2.19. The fourth-order valence-corrected chi connectivity index (χ4v) is 2.17. The van der Waals surface area contributed by atoms with E-state index >= 15 is 0 Å². The first-order valence-corrected chi connectivity index (χ1v) is 6.66. The van der Waals surface area contributed by atoms with Crippen molar-refractivity contribution >= 4 is 15.9 Å². The van der Waals surface area contributed by atoms with Gasteiger partial charge in [0.25, 0.3) is 0 Å². The van der Waals surface area contributed by atoms with Crippen LogP contribution in [0.5, 0.6) is 5.75 Å². The van der Waals surface area contributed by atoms with Crippen molar-refractivity contribution in [2.75, 3.05) is 33.9 Å². The zero-order valence-electron chi connectivity index (χ0n) is 10.8. The maximum atomic E-state index is 9.35. The van der Waals surface area contributed by atoms with Gasteiger partial charge in [0.15, 0.2) is 0 Å². The van der Waals surface area contributed by atoms with E-state index in [4.69, 9.17) is 9.84 Å². The van der Waals surface area contributed by atoms with Gasteiger partial charge in [0.2, 0.25) is 0 Å². The van der Waals surface area contributed by atoms with E-state index in [1.54, 1.807) is 7.11 Å². The molecule has 102 valence electrons. The number of rotatable bonds is 7. The molecule has 1 unspecified atom stereocenters. The Labute approximate surface area is 116 Å². The second-order valence-electron chi connectivity index (χ2n) is 4.30. The van der Waals surface area contributed by atoms with E-state index in [0.29, 0.717) is 6.54 Å². The number of hydrogen-bond donors (Lipinski definition) is 2. The standard InChI is InChI=1S/C13H20BrNO3/c1-15(8-12(17)9-16)6-5-10-7-11(14)3-4-13(10)18-2/h3-4,7,12,16-17H,5-6,8-9H2,1-2H3. The van der Waals surface area contributed by atoms with Crippen LogP contribution in [0.25, 0.3) is 0 Å². The Hall–Kier alpha value is -0.620. The molecule has 1 atom stereocenters. The maximum Gasteiger partial charge on any atom is 0.122 e. The van der Waals surface area contributed by atoms with Crippen molar-refractivity contribution in [2.24, 2.45) is 0 Å². The van der Waals surface area contributed by atoms with Crippen molar-refractivity contribution in [3.8, 4) is 5.75 Å². The SMILES string of the molecule is COc1ccc(Br)cc1CCN(C)CC(O)CO. The molecule has 1 aromatic rings. The predicted octanol–water partition coefficient (Wildman–Crippen LogP) is 1.29. The van der Waals surface area contributed by atoms with Crippen molar-refractivity contribution in [1.82, 2.24) is 4.90 Å². The molecule has 0 saturated heterocycles. The average Bonchev–Trinajstić information content (AvgIpc) is 2.36. The summed E-state index contributed by atoms with van der Waals surface area (Å²) in [6.07, 6.45) is 0.150. The van der Waals surface area contributed by atoms with E-state index in [1.165, 1.54) is 0 Å². The molecule has 0 bridgehead atoms. The molecule has 0 heterocycles. The second kappa shape index (κ2) is 7.74. The molecular weight excluding hydrogens is 298 g/mol. The first-order chi connectivity index (χ1) is 8.56. The lowest BCUT2D eigenvalue weighted by atomic mass is 10.1. The molecule has 5 heteroatoms. The summed E-state index contributed by atoms with van der Waals surface area (Å²) in [7, 11) is 3.58. The first kappa shape index (κ1) is 15.4. The highest BCUT2D eigenvalue weighted by molar-refractivity contribution is 9.10. The molecule has 18 heavy (non-hydrogen) atoms. The Morgan fingerprint density at radius 1 is 1.44 bits per heavy atom. The van der Waals surface area contributed by atoms with Crippen molar-refractivity contribution in [2.45, 2.75) is 12.5 Å². The minimum absolute atomic E-state index is 0.204. The fourth-order valence-electron chi connectivity index (χ4n) is 1.76. The minimum atomic E-state index is -0.681. The van der Waals surface area contributed by atoms with Gasteiger partial charge >= 0.3 is 0 Å². The van der Waals surface area contributed by atoms with E-state index in [-0.39, 0.29) is 6.61 Å². The Bertz CT molecular complexity index is 373. The molecule has 0 radical (unpaired) electrons. The van der Waals surface area contributed by atoms with E-state index in [1.807, 2.05) is 30.1 Å². The van der Waals surface area contributed by atoms with Crippen LogP contribution in [-0.4, -0.2) is 55.1 Å². The molecule has 0 spiro atoms. The third kappa shape index (κ3) is 4.94. The Morgan fingerprint density at radius 3 is 2.78 bits per heavy atom. The monoisotopic (exact) mass is 317 g/mol. The minimum Gasteiger partial charge on any atom is -0.496 e. The molecule has 0 fully saturated rings. The summed E-state index contributed by atoms with van der Waals surface area (Å²) in [4.78, 5) is 1.99. The van der Waals surface area contributed by atoms with Crippen LogP contribution in [0, 0.1) is 0 Å². The van der Waals surface area contributed by atoms with E-state index < -0.39 is 6.10 Å². The molecule has 0 aliphatic carbocycles. The highest BCUT2D eigenvalue weighted by Gasteiger charge is 2.09. The molecule has 1 aromatic carbocycles. The van der Waals surface area contributed by atoms with Crippen LogP contribution in [0.2, 0.25) is 0 Å². The molecule has 2 N–H and O–H groups in total. The summed E-state index contributed by atoms with van der Waals surface area (Å²) in [5.41, 5.74) is 1.12. The third-order valence-corrected chi connectivity index (χ3v) is 3.23. The number of halogens is 1. The number of aliphatic hydroxyl groups excluding tert-OH is 2. The molecule has 0 aliphatic rings. The zero-order chi connectivity index (χ0) is 13.5. The van der Waals surface area contributed by atoms with Gasteiger partial charge in [0.05, 0.1) is 19.8 Å². The number of aliphatic hydroxyl groups is 2. The van der Waals surface area contributed by atoms with Gasteiger partial charge in [-0.05, 0) is 37.2 Å². The lowest BCUT2D eigenvalue weighted by Crippen LogP contribution is -2.32. The summed E-state index contributed by atoms with van der Waals surface area (Å²) in [6.45, 7) is 1.06. The summed E-state index contributed by atoms with van der Waals surface area (Å²) < 4.78 is 6.33. The summed E-state index contributed by atoms with van der Waals surface area (Å²) in [6, 6.07) is 5.92. The number of ether oxygens (including phenoxy) is 1. The number of hydrogen-bond acceptors (Lipinski definition) is 4. The summed E-state index contributed by atoms with van der Waals surface area (Å²) in [5, 5.41) is 18.1. The van der Waals surface area contributed by atoms with Gasteiger partial charge in [-0.1, -0.05) is 15.9 Å². The van der Waals surface area contributed by atoms with Crippen LogP contribution in [0.15, 0.2) is 22.7 Å². The van der Waals surface area contributed by atoms with Crippen LogP contribution in [0.3, 0.4) is 0 Å². The third-order valence-electron chi connectivity index (χ3n) is 2.74. The molecule has 0 aromatic heterocycles. The Kier molecular flexibility index (Phi) is 6.63. The number of likely N-dealkylation sites (N-methyl/N-ethyl adjacent to an activating group) is 1. The van der Waals surface area contributed by atoms with Crippen LogP contribution < -0.4 is 4.74 Å². The van der Waals surface area contributed by atoms with E-state index in [2.05, 4.69) is 15.9 Å². The van der Waals surface area contributed by atoms with Gasteiger partial charge < -0.3 is 19.8 Å². The number of nitrogens with zero attached hydrogens (tertiary/aromatic N) is 1. The molecular formula is C13H20BrNO3. The second-order valence-corrected chi connectivity index (χ2v) is 5.22. The zero-order valence-corrected chi connectivity index (χ0v) is 12.4. The van der Waals surface area contributed by atoms with Gasteiger partial charge in [0, 0.05) is 17.6 Å². The highest BCUT2D eigenvalue weighted by atomic mass is 79.9. The smallest absolute Gasteiger partial charge is 0.122 e. The summed E-state index contributed by atoms with van der Waals surface area (Å²) in [5.74, 6) is 0.870. The van der Waals surface area contributed by atoms with Crippen LogP contribution >= 0.6 is 15.9 Å². The molecule has 1 rings (SSSR count).